The lowest BCUT2D eigenvalue weighted by molar-refractivity contribution is -0.131. The molecule has 0 radical (unpaired) electrons. The van der Waals surface area contributed by atoms with Gasteiger partial charge in [-0.2, -0.15) is 5.10 Å². The number of fused-ring (bicyclic) bond motifs is 1. The second-order valence-electron chi connectivity index (χ2n) is 7.40. The summed E-state index contributed by atoms with van der Waals surface area (Å²) in [5.74, 6) is 0.791. The third-order valence-corrected chi connectivity index (χ3v) is 5.51. The molecule has 2 heterocycles. The van der Waals surface area contributed by atoms with Crippen LogP contribution in [-0.2, 0) is 17.6 Å². The van der Waals surface area contributed by atoms with E-state index in [0.717, 1.165) is 38.0 Å². The lowest BCUT2D eigenvalue weighted by Crippen LogP contribution is -2.31. The number of carbonyl (C=O) groups is 1. The summed E-state index contributed by atoms with van der Waals surface area (Å²) in [6, 6.07) is 11.1. The number of hydrogen-bond donors (Lipinski definition) is 0. The van der Waals surface area contributed by atoms with Crippen molar-refractivity contribution in [2.45, 2.75) is 45.6 Å². The van der Waals surface area contributed by atoms with Gasteiger partial charge in [0.2, 0.25) is 5.91 Å². The van der Waals surface area contributed by atoms with Crippen LogP contribution in [0.1, 0.15) is 41.4 Å². The van der Waals surface area contributed by atoms with Gasteiger partial charge >= 0.3 is 0 Å². The van der Waals surface area contributed by atoms with Crippen LogP contribution in [-0.4, -0.2) is 33.7 Å². The third-order valence-electron chi connectivity index (χ3n) is 5.51. The van der Waals surface area contributed by atoms with Crippen molar-refractivity contribution in [3.8, 4) is 0 Å². The number of carbonyl (C=O) groups excluding carboxylic acids is 1. The molecule has 1 aromatic carbocycles. The maximum atomic E-state index is 12.7. The zero-order valence-corrected chi connectivity index (χ0v) is 14.5. The molecule has 1 fully saturated rings. The van der Waals surface area contributed by atoms with Crippen LogP contribution in [0.4, 0.5) is 0 Å². The minimum absolute atomic E-state index is 0.317. The van der Waals surface area contributed by atoms with Crippen LogP contribution in [0.15, 0.2) is 30.3 Å². The number of nitrogens with zero attached hydrogens (tertiary/aromatic N) is 3. The number of aromatic nitrogens is 2. The number of benzene rings is 1. The second kappa shape index (κ2) is 6.08. The van der Waals surface area contributed by atoms with E-state index in [9.17, 15) is 4.79 Å². The average molecular weight is 323 g/mol. The van der Waals surface area contributed by atoms with E-state index in [1.165, 1.54) is 16.8 Å². The molecule has 1 unspecified atom stereocenters. The Morgan fingerprint density at radius 3 is 2.54 bits per heavy atom. The van der Waals surface area contributed by atoms with Crippen LogP contribution in [0.2, 0.25) is 0 Å². The van der Waals surface area contributed by atoms with Crippen molar-refractivity contribution in [3.63, 3.8) is 0 Å². The van der Waals surface area contributed by atoms with Crippen molar-refractivity contribution in [3.05, 3.63) is 52.8 Å². The molecule has 1 aliphatic carbocycles. The van der Waals surface area contributed by atoms with Crippen molar-refractivity contribution in [1.82, 2.24) is 14.7 Å². The highest BCUT2D eigenvalue weighted by Crippen LogP contribution is 2.30. The molecule has 4 heteroatoms. The molecule has 1 saturated heterocycles. The third kappa shape index (κ3) is 2.85. The van der Waals surface area contributed by atoms with Gasteiger partial charge < -0.3 is 4.90 Å². The van der Waals surface area contributed by atoms with Crippen LogP contribution >= 0.6 is 0 Å². The van der Waals surface area contributed by atoms with E-state index in [2.05, 4.69) is 47.0 Å². The van der Waals surface area contributed by atoms with E-state index >= 15 is 0 Å². The van der Waals surface area contributed by atoms with Crippen LogP contribution in [0, 0.1) is 19.8 Å². The molecule has 126 valence electrons. The Kier molecular flexibility index (Phi) is 3.91. The summed E-state index contributed by atoms with van der Waals surface area (Å²) in [5, 5.41) is 4.60. The van der Waals surface area contributed by atoms with Gasteiger partial charge in [-0.1, -0.05) is 24.3 Å². The summed E-state index contributed by atoms with van der Waals surface area (Å²) in [6.07, 6.45) is 3.80. The standard InChI is InChI=1S/C20H25N3O/c1-14-9-15(2)23(21-14)19-7-8-22(13-19)20(24)12-16-10-17-5-3-4-6-18(17)11-16/h3-6,9,16,19H,7-8,10-13H2,1-2H3. The maximum absolute atomic E-state index is 12.7. The Labute approximate surface area is 143 Å². The Morgan fingerprint density at radius 1 is 1.21 bits per heavy atom. The molecule has 2 aliphatic rings. The van der Waals surface area contributed by atoms with E-state index in [0.29, 0.717) is 24.3 Å². The minimum atomic E-state index is 0.317. The fourth-order valence-electron chi connectivity index (χ4n) is 4.35. The molecule has 1 amide bonds. The molecule has 0 bridgehead atoms. The molecule has 1 atom stereocenters. The Hall–Kier alpha value is -2.10. The zero-order valence-electron chi connectivity index (χ0n) is 14.5. The molecule has 0 spiro atoms. The van der Waals surface area contributed by atoms with E-state index < -0.39 is 0 Å². The smallest absolute Gasteiger partial charge is 0.222 e. The first-order chi connectivity index (χ1) is 11.6. The summed E-state index contributed by atoms with van der Waals surface area (Å²) < 4.78 is 2.11. The summed E-state index contributed by atoms with van der Waals surface area (Å²) in [4.78, 5) is 14.8. The van der Waals surface area contributed by atoms with E-state index in [-0.39, 0.29) is 0 Å². The lowest BCUT2D eigenvalue weighted by Gasteiger charge is -2.19. The molecule has 4 nitrogen and oxygen atoms in total. The first kappa shape index (κ1) is 15.4. The molecule has 1 aromatic heterocycles. The van der Waals surface area contributed by atoms with E-state index in [4.69, 9.17) is 0 Å². The molecular weight excluding hydrogens is 298 g/mol. The van der Waals surface area contributed by atoms with Gasteiger partial charge in [0.25, 0.3) is 0 Å². The van der Waals surface area contributed by atoms with Gasteiger partial charge in [-0.3, -0.25) is 9.48 Å². The van der Waals surface area contributed by atoms with Gasteiger partial charge in [0.15, 0.2) is 0 Å². The largest absolute Gasteiger partial charge is 0.340 e. The van der Waals surface area contributed by atoms with Gasteiger partial charge in [-0.25, -0.2) is 0 Å². The highest BCUT2D eigenvalue weighted by molar-refractivity contribution is 5.77. The molecule has 4 rings (SSSR count). The van der Waals surface area contributed by atoms with Gasteiger partial charge in [0.05, 0.1) is 11.7 Å². The first-order valence-electron chi connectivity index (χ1n) is 8.97. The van der Waals surface area contributed by atoms with Crippen molar-refractivity contribution < 1.29 is 4.79 Å². The average Bonchev–Trinajstić information content (AvgIpc) is 3.24. The number of rotatable bonds is 3. The molecule has 2 aromatic rings. The van der Waals surface area contributed by atoms with Crippen molar-refractivity contribution >= 4 is 5.91 Å². The molecule has 24 heavy (non-hydrogen) atoms. The predicted molar refractivity (Wildman–Crippen MR) is 93.9 cm³/mol. The monoisotopic (exact) mass is 323 g/mol. The summed E-state index contributed by atoms with van der Waals surface area (Å²) in [7, 11) is 0. The zero-order chi connectivity index (χ0) is 16.7. The molecule has 0 N–H and O–H groups in total. The number of likely N-dealkylation sites (tertiary alicyclic amines) is 1. The molecule has 0 saturated carbocycles. The fourth-order valence-corrected chi connectivity index (χ4v) is 4.35. The number of hydrogen-bond acceptors (Lipinski definition) is 2. The van der Waals surface area contributed by atoms with Crippen LogP contribution < -0.4 is 0 Å². The van der Waals surface area contributed by atoms with Crippen molar-refractivity contribution in [2.24, 2.45) is 5.92 Å². The van der Waals surface area contributed by atoms with Gasteiger partial charge in [0, 0.05) is 25.2 Å². The maximum Gasteiger partial charge on any atom is 0.222 e. The van der Waals surface area contributed by atoms with Gasteiger partial charge in [-0.15, -0.1) is 0 Å². The van der Waals surface area contributed by atoms with E-state index in [1.54, 1.807) is 0 Å². The second-order valence-corrected chi connectivity index (χ2v) is 7.40. The Balaban J connectivity index is 1.36. The lowest BCUT2D eigenvalue weighted by atomic mass is 10.0. The van der Waals surface area contributed by atoms with Crippen LogP contribution in [0.5, 0.6) is 0 Å². The highest BCUT2D eigenvalue weighted by atomic mass is 16.2. The number of amides is 1. The fraction of sp³-hybridized carbons (Fsp3) is 0.500. The topological polar surface area (TPSA) is 38.1 Å². The Morgan fingerprint density at radius 2 is 1.92 bits per heavy atom. The molecular formula is C20H25N3O. The van der Waals surface area contributed by atoms with Crippen molar-refractivity contribution in [2.75, 3.05) is 13.1 Å². The van der Waals surface area contributed by atoms with Gasteiger partial charge in [-0.05, 0) is 56.2 Å². The summed E-state index contributed by atoms with van der Waals surface area (Å²) >= 11 is 0. The predicted octanol–water partition coefficient (Wildman–Crippen LogP) is 3.08. The Bertz CT molecular complexity index is 739. The van der Waals surface area contributed by atoms with Crippen LogP contribution in [0.3, 0.4) is 0 Å². The SMILES string of the molecule is Cc1cc(C)n(C2CCN(C(=O)CC3Cc4ccccc4C3)C2)n1. The summed E-state index contributed by atoms with van der Waals surface area (Å²) in [6.45, 7) is 5.79. The normalized spacial score (nSPS) is 20.6. The summed E-state index contributed by atoms with van der Waals surface area (Å²) in [5.41, 5.74) is 5.11. The highest BCUT2D eigenvalue weighted by Gasteiger charge is 2.31. The van der Waals surface area contributed by atoms with Crippen LogP contribution in [0.25, 0.3) is 0 Å². The first-order valence-corrected chi connectivity index (χ1v) is 8.97. The number of aryl methyl sites for hydroxylation is 2. The van der Waals surface area contributed by atoms with Gasteiger partial charge in [0.1, 0.15) is 0 Å². The van der Waals surface area contributed by atoms with Crippen molar-refractivity contribution in [1.29, 1.82) is 0 Å². The quantitative estimate of drug-likeness (QED) is 0.870. The minimum Gasteiger partial charge on any atom is -0.340 e. The molecule has 1 aliphatic heterocycles. The van der Waals surface area contributed by atoms with E-state index in [1.807, 2.05) is 11.8 Å².